The van der Waals surface area contributed by atoms with Gasteiger partial charge in [0, 0.05) is 17.5 Å². The Bertz CT molecular complexity index is 1380. The van der Waals surface area contributed by atoms with Crippen LogP contribution in [0, 0.1) is 23.3 Å². The molecular formula is C35H29F4N. The van der Waals surface area contributed by atoms with Crippen molar-refractivity contribution in [2.24, 2.45) is 0 Å². The van der Waals surface area contributed by atoms with Gasteiger partial charge in [-0.2, -0.15) is 0 Å². The molecule has 5 rings (SSSR count). The topological polar surface area (TPSA) is 26.0 Å². The van der Waals surface area contributed by atoms with Gasteiger partial charge in [0.05, 0.1) is 0 Å². The highest BCUT2D eigenvalue weighted by Gasteiger charge is 2.27. The summed E-state index contributed by atoms with van der Waals surface area (Å²) in [5.41, 5.74) is 13.3. The third-order valence-corrected chi connectivity index (χ3v) is 7.37. The summed E-state index contributed by atoms with van der Waals surface area (Å²) in [5, 5.41) is 0. The van der Waals surface area contributed by atoms with E-state index >= 15 is 0 Å². The number of nitrogens with two attached hydrogens (primary N) is 1. The van der Waals surface area contributed by atoms with E-state index in [4.69, 9.17) is 5.73 Å². The number of hydrogen-bond acceptors (Lipinski definition) is 1. The van der Waals surface area contributed by atoms with E-state index in [0.29, 0.717) is 5.69 Å². The highest BCUT2D eigenvalue weighted by molar-refractivity contribution is 5.66. The molecule has 0 heterocycles. The van der Waals surface area contributed by atoms with E-state index in [1.165, 1.54) is 48.5 Å². The molecule has 0 aliphatic rings. The molecule has 5 aromatic carbocycles. The quantitative estimate of drug-likeness (QED) is 0.124. The van der Waals surface area contributed by atoms with Crippen molar-refractivity contribution in [3.05, 3.63) is 171 Å². The van der Waals surface area contributed by atoms with Crippen LogP contribution in [0.4, 0.5) is 23.2 Å². The number of benzene rings is 5. The van der Waals surface area contributed by atoms with Gasteiger partial charge in [0.2, 0.25) is 0 Å². The fraction of sp³-hybridized carbons (Fsp3) is 0.143. The van der Waals surface area contributed by atoms with Gasteiger partial charge in [-0.3, -0.25) is 0 Å². The highest BCUT2D eigenvalue weighted by Crippen LogP contribution is 2.43. The highest BCUT2D eigenvalue weighted by atomic mass is 19.1. The lowest BCUT2D eigenvalue weighted by Crippen LogP contribution is -2.14. The van der Waals surface area contributed by atoms with Crippen LogP contribution in [0.5, 0.6) is 0 Å². The fourth-order valence-electron chi connectivity index (χ4n) is 5.26. The number of anilines is 1. The molecule has 5 heteroatoms. The number of nitrogen functional groups attached to an aromatic ring is 1. The second-order valence-electron chi connectivity index (χ2n) is 10.3. The van der Waals surface area contributed by atoms with E-state index in [2.05, 4.69) is 13.8 Å². The van der Waals surface area contributed by atoms with E-state index in [-0.39, 0.29) is 29.2 Å². The molecule has 0 aliphatic carbocycles. The van der Waals surface area contributed by atoms with Crippen LogP contribution >= 0.6 is 0 Å². The average molecular weight is 540 g/mol. The monoisotopic (exact) mass is 539 g/mol. The zero-order chi connectivity index (χ0) is 28.4. The summed E-state index contributed by atoms with van der Waals surface area (Å²) in [5.74, 6) is -2.15. The minimum absolute atomic E-state index is 0.127. The molecule has 0 spiro atoms. The molecule has 40 heavy (non-hydrogen) atoms. The predicted molar refractivity (Wildman–Crippen MR) is 152 cm³/mol. The molecule has 0 radical (unpaired) electrons. The Hall–Kier alpha value is -4.38. The first kappa shape index (κ1) is 27.2. The van der Waals surface area contributed by atoms with Crippen molar-refractivity contribution < 1.29 is 17.6 Å². The molecule has 0 saturated carbocycles. The summed E-state index contributed by atoms with van der Waals surface area (Å²) in [6, 6.07) is 29.0. The molecule has 0 fully saturated rings. The number of hydrogen-bond donors (Lipinski definition) is 1. The van der Waals surface area contributed by atoms with Crippen LogP contribution in [-0.4, -0.2) is 0 Å². The van der Waals surface area contributed by atoms with Gasteiger partial charge in [0.15, 0.2) is 0 Å². The van der Waals surface area contributed by atoms with Crippen molar-refractivity contribution in [2.45, 2.75) is 31.6 Å². The van der Waals surface area contributed by atoms with Gasteiger partial charge in [-0.25, -0.2) is 17.6 Å². The minimum atomic E-state index is -0.416. The summed E-state index contributed by atoms with van der Waals surface area (Å²) < 4.78 is 55.7. The zero-order valence-electron chi connectivity index (χ0n) is 22.2. The maximum Gasteiger partial charge on any atom is 0.123 e. The van der Waals surface area contributed by atoms with Crippen molar-refractivity contribution >= 4 is 5.69 Å². The molecule has 2 N–H and O–H groups in total. The summed E-state index contributed by atoms with van der Waals surface area (Å²) in [6.07, 6.45) is 0. The van der Waals surface area contributed by atoms with Gasteiger partial charge in [-0.1, -0.05) is 74.5 Å². The Balaban J connectivity index is 1.79. The molecule has 0 aromatic heterocycles. The molecule has 0 aliphatic heterocycles. The van der Waals surface area contributed by atoms with E-state index in [9.17, 15) is 17.6 Å². The van der Waals surface area contributed by atoms with Gasteiger partial charge in [-0.05, 0) is 93.4 Å². The van der Waals surface area contributed by atoms with Crippen LogP contribution in [0.1, 0.15) is 70.5 Å². The van der Waals surface area contributed by atoms with E-state index in [1.54, 1.807) is 48.5 Å². The third kappa shape index (κ3) is 5.64. The van der Waals surface area contributed by atoms with Crippen molar-refractivity contribution in [1.82, 2.24) is 0 Å². The van der Waals surface area contributed by atoms with Gasteiger partial charge in [0.1, 0.15) is 23.3 Å². The van der Waals surface area contributed by atoms with Gasteiger partial charge < -0.3 is 5.73 Å². The molecule has 0 unspecified atom stereocenters. The Kier molecular flexibility index (Phi) is 7.74. The lowest BCUT2D eigenvalue weighted by atomic mass is 9.77. The number of rotatable bonds is 7. The van der Waals surface area contributed by atoms with Crippen LogP contribution in [0.2, 0.25) is 0 Å². The summed E-state index contributed by atoms with van der Waals surface area (Å²) in [4.78, 5) is 0. The van der Waals surface area contributed by atoms with Gasteiger partial charge in [0.25, 0.3) is 0 Å². The SMILES string of the molecule is CC(C)c1cc(C(c2ccc(F)cc2)c2ccc(F)cc2)c(N)c(C(c2ccc(F)cc2)c2ccc(F)cc2)c1. The van der Waals surface area contributed by atoms with Crippen LogP contribution in [0.3, 0.4) is 0 Å². The molecule has 1 nitrogen and oxygen atoms in total. The Labute approximate surface area is 231 Å². The molecule has 0 atom stereocenters. The smallest absolute Gasteiger partial charge is 0.123 e. The first-order chi connectivity index (χ1) is 19.2. The summed E-state index contributed by atoms with van der Waals surface area (Å²) in [6.45, 7) is 4.16. The molecule has 5 aromatic rings. The standard InChI is InChI=1S/C35H29F4N/c1-21(2)26-19-31(33(22-3-11-27(36)12-4-22)23-5-13-28(37)14-6-23)35(40)32(20-26)34(24-7-15-29(38)16-8-24)25-9-17-30(39)18-10-25/h3-21,33-34H,40H2,1-2H3. The Morgan fingerprint density at radius 1 is 0.425 bits per heavy atom. The predicted octanol–water partition coefficient (Wildman–Crippen LogP) is 9.31. The zero-order valence-corrected chi connectivity index (χ0v) is 22.2. The van der Waals surface area contributed by atoms with Crippen LogP contribution in [0.25, 0.3) is 0 Å². The maximum atomic E-state index is 13.9. The maximum absolute atomic E-state index is 13.9. The van der Waals surface area contributed by atoms with Crippen molar-refractivity contribution in [2.75, 3.05) is 5.73 Å². The lowest BCUT2D eigenvalue weighted by Gasteiger charge is -2.28. The summed E-state index contributed by atoms with van der Waals surface area (Å²) in [7, 11) is 0. The van der Waals surface area contributed by atoms with Crippen LogP contribution < -0.4 is 5.73 Å². The van der Waals surface area contributed by atoms with Crippen molar-refractivity contribution in [1.29, 1.82) is 0 Å². The Morgan fingerprint density at radius 2 is 0.675 bits per heavy atom. The first-order valence-corrected chi connectivity index (χ1v) is 13.2. The van der Waals surface area contributed by atoms with E-state index in [1.807, 2.05) is 12.1 Å². The summed E-state index contributed by atoms with van der Waals surface area (Å²) >= 11 is 0. The third-order valence-electron chi connectivity index (χ3n) is 7.37. The number of halogens is 4. The normalized spacial score (nSPS) is 11.5. The van der Waals surface area contributed by atoms with Crippen molar-refractivity contribution in [3.63, 3.8) is 0 Å². The largest absolute Gasteiger partial charge is 0.398 e. The molecule has 0 saturated heterocycles. The molecule has 202 valence electrons. The average Bonchev–Trinajstić information content (AvgIpc) is 2.94. The second kappa shape index (κ2) is 11.4. The van der Waals surface area contributed by atoms with Crippen molar-refractivity contribution in [3.8, 4) is 0 Å². The van der Waals surface area contributed by atoms with E-state index < -0.39 is 11.8 Å². The van der Waals surface area contributed by atoms with Gasteiger partial charge in [-0.15, -0.1) is 0 Å². The second-order valence-corrected chi connectivity index (χ2v) is 10.3. The van der Waals surface area contributed by atoms with Gasteiger partial charge >= 0.3 is 0 Å². The van der Waals surface area contributed by atoms with Crippen LogP contribution in [0.15, 0.2) is 109 Å². The molecule has 0 bridgehead atoms. The van der Waals surface area contributed by atoms with Crippen LogP contribution in [-0.2, 0) is 0 Å². The molecular weight excluding hydrogens is 510 g/mol. The Morgan fingerprint density at radius 3 is 0.900 bits per heavy atom. The first-order valence-electron chi connectivity index (χ1n) is 13.2. The fourth-order valence-corrected chi connectivity index (χ4v) is 5.26. The molecule has 0 amide bonds. The minimum Gasteiger partial charge on any atom is -0.398 e. The van der Waals surface area contributed by atoms with E-state index in [0.717, 1.165) is 38.9 Å². The lowest BCUT2D eigenvalue weighted by molar-refractivity contribution is 0.625.